The van der Waals surface area contributed by atoms with Gasteiger partial charge in [0.25, 0.3) is 5.91 Å². The zero-order valence-corrected chi connectivity index (χ0v) is 15.4. The van der Waals surface area contributed by atoms with Crippen molar-refractivity contribution in [1.29, 1.82) is 0 Å². The Morgan fingerprint density at radius 3 is 2.52 bits per heavy atom. The molecule has 0 aliphatic carbocycles. The van der Waals surface area contributed by atoms with Gasteiger partial charge in [-0.2, -0.15) is 0 Å². The van der Waals surface area contributed by atoms with E-state index in [-0.39, 0.29) is 17.9 Å². The number of rotatable bonds is 7. The molecule has 2 aromatic carbocycles. The Labute approximate surface area is 158 Å². The number of hydrogen-bond acceptors (Lipinski definition) is 4. The molecule has 6 nitrogen and oxygen atoms in total. The van der Waals surface area contributed by atoms with Crippen LogP contribution < -0.4 is 15.4 Å². The Bertz CT molecular complexity index is 783. The van der Waals surface area contributed by atoms with Crippen molar-refractivity contribution in [2.45, 2.75) is 32.3 Å². The molecule has 1 aliphatic heterocycles. The summed E-state index contributed by atoms with van der Waals surface area (Å²) in [6, 6.07) is 14.1. The minimum Gasteiger partial charge on any atom is -0.491 e. The first-order valence-corrected chi connectivity index (χ1v) is 9.20. The molecule has 2 aromatic rings. The van der Waals surface area contributed by atoms with Gasteiger partial charge in [0.05, 0.1) is 6.10 Å². The van der Waals surface area contributed by atoms with Crippen LogP contribution in [0.1, 0.15) is 36.5 Å². The predicted molar refractivity (Wildman–Crippen MR) is 104 cm³/mol. The normalized spacial score (nSPS) is 16.0. The van der Waals surface area contributed by atoms with E-state index in [4.69, 9.17) is 9.47 Å². The Morgan fingerprint density at radius 1 is 1.11 bits per heavy atom. The van der Waals surface area contributed by atoms with Gasteiger partial charge in [-0.1, -0.05) is 13.0 Å². The topological polar surface area (TPSA) is 76.7 Å². The molecule has 0 radical (unpaired) electrons. The number of nitrogens with one attached hydrogen (secondary N) is 2. The molecule has 142 valence electrons. The van der Waals surface area contributed by atoms with Crippen molar-refractivity contribution in [3.05, 3.63) is 54.1 Å². The van der Waals surface area contributed by atoms with E-state index in [1.807, 2.05) is 0 Å². The maximum atomic E-state index is 12.4. The van der Waals surface area contributed by atoms with Gasteiger partial charge in [-0.05, 0) is 55.3 Å². The van der Waals surface area contributed by atoms with Crippen LogP contribution in [-0.2, 0) is 9.53 Å². The van der Waals surface area contributed by atoms with E-state index in [1.165, 1.54) is 0 Å². The van der Waals surface area contributed by atoms with Gasteiger partial charge in [-0.25, -0.2) is 0 Å². The molecule has 1 atom stereocenters. The molecule has 0 bridgehead atoms. The molecule has 1 heterocycles. The zero-order valence-electron chi connectivity index (χ0n) is 15.4. The van der Waals surface area contributed by atoms with Crippen LogP contribution in [0.4, 0.5) is 11.4 Å². The number of hydrogen-bond donors (Lipinski definition) is 2. The molecule has 6 heteroatoms. The summed E-state index contributed by atoms with van der Waals surface area (Å²) >= 11 is 0. The van der Waals surface area contributed by atoms with Crippen LogP contribution in [0.3, 0.4) is 0 Å². The van der Waals surface area contributed by atoms with E-state index >= 15 is 0 Å². The highest BCUT2D eigenvalue weighted by atomic mass is 16.5. The van der Waals surface area contributed by atoms with Crippen LogP contribution in [0.15, 0.2) is 48.5 Å². The molecular formula is C21H24N2O4. The third kappa shape index (κ3) is 5.56. The van der Waals surface area contributed by atoms with Crippen LogP contribution >= 0.6 is 0 Å². The van der Waals surface area contributed by atoms with Crippen LogP contribution in [0, 0.1) is 0 Å². The van der Waals surface area contributed by atoms with Gasteiger partial charge in [0, 0.05) is 30.0 Å². The highest BCUT2D eigenvalue weighted by molar-refractivity contribution is 6.04. The fourth-order valence-corrected chi connectivity index (χ4v) is 2.79. The quantitative estimate of drug-likeness (QED) is 0.778. The van der Waals surface area contributed by atoms with Crippen molar-refractivity contribution < 1.29 is 19.1 Å². The second-order valence-corrected chi connectivity index (χ2v) is 6.41. The van der Waals surface area contributed by atoms with Gasteiger partial charge in [0.2, 0.25) is 5.91 Å². The third-order valence-corrected chi connectivity index (χ3v) is 4.30. The lowest BCUT2D eigenvalue weighted by Crippen LogP contribution is -2.16. The van der Waals surface area contributed by atoms with E-state index in [0.717, 1.165) is 19.4 Å². The molecule has 1 unspecified atom stereocenters. The predicted octanol–water partition coefficient (Wildman–Crippen LogP) is 3.85. The molecule has 0 spiro atoms. The highest BCUT2D eigenvalue weighted by Gasteiger charge is 2.16. The standard InChI is InChI=1S/C21H24N2O4/c1-2-20(24)22-16-5-3-6-17(13-16)23-21(25)15-8-10-18(11-9-15)27-14-19-7-4-12-26-19/h3,5-6,8-11,13,19H,2,4,7,12,14H2,1H3,(H,22,24)(H,23,25). The summed E-state index contributed by atoms with van der Waals surface area (Å²) in [6.07, 6.45) is 2.67. The SMILES string of the molecule is CCC(=O)Nc1cccc(NC(=O)c2ccc(OCC3CCCO3)cc2)c1. The van der Waals surface area contributed by atoms with Crippen molar-refractivity contribution in [2.24, 2.45) is 0 Å². The van der Waals surface area contributed by atoms with Crippen molar-refractivity contribution in [2.75, 3.05) is 23.8 Å². The van der Waals surface area contributed by atoms with E-state index in [9.17, 15) is 9.59 Å². The van der Waals surface area contributed by atoms with Gasteiger partial charge in [0.1, 0.15) is 12.4 Å². The number of carbonyl (C=O) groups is 2. The molecule has 0 aromatic heterocycles. The van der Waals surface area contributed by atoms with Crippen molar-refractivity contribution in [3.63, 3.8) is 0 Å². The number of anilines is 2. The molecule has 27 heavy (non-hydrogen) atoms. The molecule has 2 amide bonds. The Hall–Kier alpha value is -2.86. The molecule has 2 N–H and O–H groups in total. The second-order valence-electron chi connectivity index (χ2n) is 6.41. The van der Waals surface area contributed by atoms with Gasteiger partial charge in [0.15, 0.2) is 0 Å². The first-order valence-electron chi connectivity index (χ1n) is 9.20. The molecule has 1 saturated heterocycles. The van der Waals surface area contributed by atoms with Crippen LogP contribution in [0.25, 0.3) is 0 Å². The smallest absolute Gasteiger partial charge is 0.255 e. The monoisotopic (exact) mass is 368 g/mol. The van der Waals surface area contributed by atoms with Crippen LogP contribution in [0.2, 0.25) is 0 Å². The lowest BCUT2D eigenvalue weighted by molar-refractivity contribution is -0.115. The highest BCUT2D eigenvalue weighted by Crippen LogP contribution is 2.19. The Kier molecular flexibility index (Phi) is 6.44. The Morgan fingerprint density at radius 2 is 1.85 bits per heavy atom. The third-order valence-electron chi connectivity index (χ3n) is 4.30. The summed E-state index contributed by atoms with van der Waals surface area (Å²) in [5.41, 5.74) is 1.80. The number of ether oxygens (including phenoxy) is 2. The summed E-state index contributed by atoms with van der Waals surface area (Å²) in [4.78, 5) is 23.9. The molecule has 1 fully saturated rings. The fraction of sp³-hybridized carbons (Fsp3) is 0.333. The summed E-state index contributed by atoms with van der Waals surface area (Å²) < 4.78 is 11.2. The van der Waals surface area contributed by atoms with Crippen LogP contribution in [0.5, 0.6) is 5.75 Å². The molecule has 0 saturated carbocycles. The van der Waals surface area contributed by atoms with Crippen LogP contribution in [-0.4, -0.2) is 31.1 Å². The maximum absolute atomic E-state index is 12.4. The van der Waals surface area contributed by atoms with Crippen molar-refractivity contribution in [1.82, 2.24) is 0 Å². The van der Waals surface area contributed by atoms with Crippen molar-refractivity contribution >= 4 is 23.2 Å². The van der Waals surface area contributed by atoms with Gasteiger partial charge >= 0.3 is 0 Å². The Balaban J connectivity index is 1.56. The summed E-state index contributed by atoms with van der Waals surface area (Å²) in [5, 5.41) is 5.61. The maximum Gasteiger partial charge on any atom is 0.255 e. The van der Waals surface area contributed by atoms with Crippen molar-refractivity contribution in [3.8, 4) is 5.75 Å². The van der Waals surface area contributed by atoms with E-state index in [1.54, 1.807) is 55.5 Å². The summed E-state index contributed by atoms with van der Waals surface area (Å²) in [5.74, 6) is 0.419. The molecule has 1 aliphatic rings. The lowest BCUT2D eigenvalue weighted by Gasteiger charge is -2.12. The average Bonchev–Trinajstić information content (AvgIpc) is 3.20. The van der Waals surface area contributed by atoms with Gasteiger partial charge < -0.3 is 20.1 Å². The fourth-order valence-electron chi connectivity index (χ4n) is 2.79. The average molecular weight is 368 g/mol. The minimum atomic E-state index is -0.223. The second kappa shape index (κ2) is 9.19. The van der Waals surface area contributed by atoms with E-state index in [2.05, 4.69) is 10.6 Å². The summed E-state index contributed by atoms with van der Waals surface area (Å²) in [6.45, 7) is 3.12. The zero-order chi connectivity index (χ0) is 19.1. The molecule has 3 rings (SSSR count). The first-order chi connectivity index (χ1) is 13.1. The lowest BCUT2D eigenvalue weighted by atomic mass is 10.2. The largest absolute Gasteiger partial charge is 0.491 e. The number of amides is 2. The van der Waals surface area contributed by atoms with E-state index < -0.39 is 0 Å². The molecular weight excluding hydrogens is 344 g/mol. The first kappa shape index (κ1) is 18.9. The van der Waals surface area contributed by atoms with E-state index in [0.29, 0.717) is 35.7 Å². The number of carbonyl (C=O) groups excluding carboxylic acids is 2. The van der Waals surface area contributed by atoms with Gasteiger partial charge in [-0.15, -0.1) is 0 Å². The van der Waals surface area contributed by atoms with Gasteiger partial charge in [-0.3, -0.25) is 9.59 Å². The minimum absolute atomic E-state index is 0.0722. The number of benzene rings is 2. The summed E-state index contributed by atoms with van der Waals surface area (Å²) in [7, 11) is 0.